The van der Waals surface area contributed by atoms with E-state index in [2.05, 4.69) is 52.1 Å². The molecule has 2 aromatic rings. The molecule has 0 aliphatic heterocycles. The van der Waals surface area contributed by atoms with Gasteiger partial charge in [-0.1, -0.05) is 29.8 Å². The van der Waals surface area contributed by atoms with Crippen LogP contribution in [0.1, 0.15) is 28.1 Å². The summed E-state index contributed by atoms with van der Waals surface area (Å²) in [6, 6.07) is 8.50. The first-order valence-electron chi connectivity index (χ1n) is 7.11. The third-order valence-corrected chi connectivity index (χ3v) is 3.77. The number of hydrogen-bond donors (Lipinski definition) is 2. The number of nitrogens with zero attached hydrogens (tertiary/aromatic N) is 3. The fraction of sp³-hybridized carbons (Fsp3) is 0.312. The third kappa shape index (κ3) is 3.92. The molecule has 1 heterocycles. The Bertz CT molecular complexity index is 685. The van der Waals surface area contributed by atoms with Gasteiger partial charge in [0.1, 0.15) is 0 Å². The lowest BCUT2D eigenvalue weighted by molar-refractivity contribution is 0.659. The first-order chi connectivity index (χ1) is 10.5. The number of aryl methyl sites for hydroxylation is 2. The predicted octanol–water partition coefficient (Wildman–Crippen LogP) is 2.28. The summed E-state index contributed by atoms with van der Waals surface area (Å²) in [7, 11) is 1.75. The molecule has 0 saturated heterocycles. The van der Waals surface area contributed by atoms with Crippen molar-refractivity contribution < 1.29 is 0 Å². The molecular formula is C16H21N5S. The minimum absolute atomic E-state index is 0.485. The summed E-state index contributed by atoms with van der Waals surface area (Å²) in [5, 5.41) is 12.0. The van der Waals surface area contributed by atoms with Gasteiger partial charge in [0.2, 0.25) is 0 Å². The molecule has 0 unspecified atom stereocenters. The number of benzene rings is 1. The Balaban J connectivity index is 2.16. The standard InChI is InChI=1S/C16H21N5S/c1-11-5-7-14(8-6-11)10-21-13(3)15(12(2)20-21)9-18-19-16(22)17-4/h5-9H,10H2,1-4H3,(H2,17,19,22)/b18-9+. The van der Waals surface area contributed by atoms with Gasteiger partial charge in [-0.2, -0.15) is 10.2 Å². The van der Waals surface area contributed by atoms with E-state index < -0.39 is 0 Å². The van der Waals surface area contributed by atoms with E-state index in [4.69, 9.17) is 12.2 Å². The van der Waals surface area contributed by atoms with Crippen LogP contribution in [-0.2, 0) is 6.54 Å². The van der Waals surface area contributed by atoms with Crippen LogP contribution >= 0.6 is 12.2 Å². The van der Waals surface area contributed by atoms with Crippen molar-refractivity contribution >= 4 is 23.5 Å². The van der Waals surface area contributed by atoms with E-state index in [0.29, 0.717) is 5.11 Å². The molecule has 0 aliphatic carbocycles. The highest BCUT2D eigenvalue weighted by molar-refractivity contribution is 7.80. The van der Waals surface area contributed by atoms with Crippen LogP contribution in [0.15, 0.2) is 29.4 Å². The number of rotatable bonds is 4. The molecule has 2 rings (SSSR count). The zero-order valence-electron chi connectivity index (χ0n) is 13.3. The molecule has 0 amide bonds. The molecule has 1 aromatic carbocycles. The van der Waals surface area contributed by atoms with E-state index in [1.807, 2.05) is 18.5 Å². The molecule has 6 heteroatoms. The maximum Gasteiger partial charge on any atom is 0.186 e. The van der Waals surface area contributed by atoms with Crippen molar-refractivity contribution in [3.63, 3.8) is 0 Å². The van der Waals surface area contributed by atoms with Crippen LogP contribution in [0.4, 0.5) is 0 Å². The van der Waals surface area contributed by atoms with Gasteiger partial charge in [-0.3, -0.25) is 10.1 Å². The Hall–Kier alpha value is -2.21. The molecule has 5 nitrogen and oxygen atoms in total. The SMILES string of the molecule is CNC(=S)N/N=C/c1c(C)nn(Cc2ccc(C)cc2)c1C. The summed E-state index contributed by atoms with van der Waals surface area (Å²) in [6.07, 6.45) is 1.76. The highest BCUT2D eigenvalue weighted by Gasteiger charge is 2.10. The van der Waals surface area contributed by atoms with Gasteiger partial charge in [-0.25, -0.2) is 0 Å². The molecule has 0 radical (unpaired) electrons. The largest absolute Gasteiger partial charge is 0.364 e. The maximum atomic E-state index is 4.98. The average molecular weight is 315 g/mol. The molecule has 0 saturated carbocycles. The van der Waals surface area contributed by atoms with Crippen LogP contribution in [0.25, 0.3) is 0 Å². The van der Waals surface area contributed by atoms with Crippen molar-refractivity contribution in [2.45, 2.75) is 27.3 Å². The Morgan fingerprint density at radius 2 is 1.95 bits per heavy atom. The van der Waals surface area contributed by atoms with E-state index in [1.54, 1.807) is 13.3 Å². The Morgan fingerprint density at radius 1 is 1.27 bits per heavy atom. The van der Waals surface area contributed by atoms with Gasteiger partial charge >= 0.3 is 0 Å². The van der Waals surface area contributed by atoms with Crippen molar-refractivity contribution in [2.75, 3.05) is 7.05 Å². The molecule has 116 valence electrons. The Labute approximate surface area is 136 Å². The van der Waals surface area contributed by atoms with Gasteiger partial charge in [0, 0.05) is 18.3 Å². The number of thiocarbonyl (C=S) groups is 1. The van der Waals surface area contributed by atoms with E-state index >= 15 is 0 Å². The lowest BCUT2D eigenvalue weighted by Gasteiger charge is -2.05. The van der Waals surface area contributed by atoms with E-state index in [0.717, 1.165) is 23.5 Å². The van der Waals surface area contributed by atoms with Crippen molar-refractivity contribution in [1.29, 1.82) is 0 Å². The van der Waals surface area contributed by atoms with E-state index in [-0.39, 0.29) is 0 Å². The minimum atomic E-state index is 0.485. The van der Waals surface area contributed by atoms with Crippen molar-refractivity contribution in [2.24, 2.45) is 5.10 Å². The van der Waals surface area contributed by atoms with Crippen LogP contribution in [0, 0.1) is 20.8 Å². The van der Waals surface area contributed by atoms with Crippen LogP contribution in [0.3, 0.4) is 0 Å². The van der Waals surface area contributed by atoms with Crippen molar-refractivity contribution in [3.05, 3.63) is 52.3 Å². The topological polar surface area (TPSA) is 54.2 Å². The molecule has 0 spiro atoms. The quantitative estimate of drug-likeness (QED) is 0.516. The zero-order chi connectivity index (χ0) is 16.1. The minimum Gasteiger partial charge on any atom is -0.364 e. The van der Waals surface area contributed by atoms with E-state index in [9.17, 15) is 0 Å². The molecule has 22 heavy (non-hydrogen) atoms. The highest BCUT2D eigenvalue weighted by Crippen LogP contribution is 2.13. The number of nitrogens with one attached hydrogen (secondary N) is 2. The average Bonchev–Trinajstić information content (AvgIpc) is 2.76. The summed E-state index contributed by atoms with van der Waals surface area (Å²) >= 11 is 4.98. The van der Waals surface area contributed by atoms with Gasteiger partial charge in [0.05, 0.1) is 18.5 Å². The Morgan fingerprint density at radius 3 is 2.59 bits per heavy atom. The maximum absolute atomic E-state index is 4.98. The molecular weight excluding hydrogens is 294 g/mol. The number of aromatic nitrogens is 2. The van der Waals surface area contributed by atoms with Gasteiger partial charge < -0.3 is 5.32 Å². The molecule has 0 fully saturated rings. The summed E-state index contributed by atoms with van der Waals surface area (Å²) in [4.78, 5) is 0. The molecule has 1 aromatic heterocycles. The lowest BCUT2D eigenvalue weighted by atomic mass is 10.1. The van der Waals surface area contributed by atoms with Crippen LogP contribution in [-0.4, -0.2) is 28.2 Å². The second kappa shape index (κ2) is 7.17. The third-order valence-electron chi connectivity index (χ3n) is 3.48. The van der Waals surface area contributed by atoms with Crippen molar-refractivity contribution in [3.8, 4) is 0 Å². The fourth-order valence-electron chi connectivity index (χ4n) is 2.13. The predicted molar refractivity (Wildman–Crippen MR) is 94.4 cm³/mol. The second-order valence-electron chi connectivity index (χ2n) is 5.18. The van der Waals surface area contributed by atoms with Crippen LogP contribution < -0.4 is 10.7 Å². The smallest absolute Gasteiger partial charge is 0.186 e. The van der Waals surface area contributed by atoms with E-state index in [1.165, 1.54) is 11.1 Å². The fourth-order valence-corrected chi connectivity index (χ4v) is 2.18. The van der Waals surface area contributed by atoms with Gasteiger partial charge in [-0.15, -0.1) is 0 Å². The van der Waals surface area contributed by atoms with Gasteiger partial charge in [-0.05, 0) is 38.6 Å². The lowest BCUT2D eigenvalue weighted by Crippen LogP contribution is -2.28. The first kappa shape index (κ1) is 16.2. The number of hydrogen-bond acceptors (Lipinski definition) is 3. The summed E-state index contributed by atoms with van der Waals surface area (Å²) in [6.45, 7) is 6.87. The molecule has 0 atom stereocenters. The normalized spacial score (nSPS) is 10.9. The second-order valence-corrected chi connectivity index (χ2v) is 5.59. The first-order valence-corrected chi connectivity index (χ1v) is 7.52. The van der Waals surface area contributed by atoms with Gasteiger partial charge in [0.25, 0.3) is 0 Å². The highest BCUT2D eigenvalue weighted by atomic mass is 32.1. The molecule has 2 N–H and O–H groups in total. The zero-order valence-corrected chi connectivity index (χ0v) is 14.2. The van der Waals surface area contributed by atoms with Crippen molar-refractivity contribution in [1.82, 2.24) is 20.5 Å². The summed E-state index contributed by atoms with van der Waals surface area (Å²) < 4.78 is 2.00. The van der Waals surface area contributed by atoms with Gasteiger partial charge in [0.15, 0.2) is 5.11 Å². The molecule has 0 bridgehead atoms. The Kier molecular flexibility index (Phi) is 5.27. The number of hydrazone groups is 1. The monoisotopic (exact) mass is 315 g/mol. The summed E-state index contributed by atoms with van der Waals surface area (Å²) in [5.41, 5.74) is 8.29. The molecule has 0 aliphatic rings. The van der Waals surface area contributed by atoms with Crippen LogP contribution in [0.2, 0.25) is 0 Å². The summed E-state index contributed by atoms with van der Waals surface area (Å²) in [5.74, 6) is 0. The van der Waals surface area contributed by atoms with Crippen LogP contribution in [0.5, 0.6) is 0 Å².